The normalized spacial score (nSPS) is 9.63. The van der Waals surface area contributed by atoms with Gasteiger partial charge in [0.15, 0.2) is 0 Å². The molecule has 0 heterocycles. The molecule has 0 saturated heterocycles. The third kappa shape index (κ3) is 5.61. The summed E-state index contributed by atoms with van der Waals surface area (Å²) in [5.41, 5.74) is 0.851. The SMILES string of the molecule is CCN(Sc1ccccc1)C(=O)NC(=O)C=C(C)C. The number of nitrogens with one attached hydrogen (secondary N) is 1. The van der Waals surface area contributed by atoms with Crippen LogP contribution in [0.25, 0.3) is 0 Å². The summed E-state index contributed by atoms with van der Waals surface area (Å²) in [4.78, 5) is 24.4. The van der Waals surface area contributed by atoms with E-state index in [0.29, 0.717) is 6.54 Å². The number of hydrogen-bond donors (Lipinski definition) is 1. The first-order valence-electron chi connectivity index (χ1n) is 6.03. The number of imide groups is 1. The third-order valence-corrected chi connectivity index (χ3v) is 3.25. The van der Waals surface area contributed by atoms with Crippen LogP contribution in [0.3, 0.4) is 0 Å². The third-order valence-electron chi connectivity index (χ3n) is 2.12. The molecule has 0 aliphatic carbocycles. The number of urea groups is 1. The minimum absolute atomic E-state index is 0.392. The first kappa shape index (κ1) is 15.3. The van der Waals surface area contributed by atoms with E-state index in [2.05, 4.69) is 5.32 Å². The van der Waals surface area contributed by atoms with Crippen LogP contribution >= 0.6 is 11.9 Å². The number of carbonyl (C=O) groups is 2. The van der Waals surface area contributed by atoms with Crippen LogP contribution < -0.4 is 5.32 Å². The van der Waals surface area contributed by atoms with Crippen molar-refractivity contribution in [3.63, 3.8) is 0 Å². The Balaban J connectivity index is 2.62. The molecule has 1 aromatic carbocycles. The van der Waals surface area contributed by atoms with Gasteiger partial charge in [0.05, 0.1) is 0 Å². The summed E-state index contributed by atoms with van der Waals surface area (Å²) in [5.74, 6) is -0.392. The molecule has 102 valence electrons. The summed E-state index contributed by atoms with van der Waals surface area (Å²) in [7, 11) is 0. The molecule has 3 amide bonds. The number of rotatable bonds is 4. The van der Waals surface area contributed by atoms with Crippen LogP contribution in [0, 0.1) is 0 Å². The van der Waals surface area contributed by atoms with Gasteiger partial charge in [0.2, 0.25) is 0 Å². The van der Waals surface area contributed by atoms with Gasteiger partial charge in [-0.05, 0) is 44.9 Å². The topological polar surface area (TPSA) is 49.4 Å². The maximum Gasteiger partial charge on any atom is 0.334 e. The largest absolute Gasteiger partial charge is 0.334 e. The maximum atomic E-state index is 11.9. The molecule has 0 aliphatic heterocycles. The van der Waals surface area contributed by atoms with Crippen molar-refractivity contribution in [2.45, 2.75) is 25.7 Å². The standard InChI is InChI=1S/C14H18N2O2S/c1-4-16(19-12-8-6-5-7-9-12)14(18)15-13(17)10-11(2)3/h5-10H,4H2,1-3H3,(H,15,17,18). The van der Waals surface area contributed by atoms with E-state index in [-0.39, 0.29) is 0 Å². The Morgan fingerprint density at radius 2 is 1.89 bits per heavy atom. The summed E-state index contributed by atoms with van der Waals surface area (Å²) < 4.78 is 1.51. The zero-order chi connectivity index (χ0) is 14.3. The Hall–Kier alpha value is -1.75. The molecule has 0 saturated carbocycles. The van der Waals surface area contributed by atoms with E-state index in [1.807, 2.05) is 37.3 Å². The monoisotopic (exact) mass is 278 g/mol. The van der Waals surface area contributed by atoms with E-state index < -0.39 is 11.9 Å². The molecule has 19 heavy (non-hydrogen) atoms. The fourth-order valence-electron chi connectivity index (χ4n) is 1.32. The molecular formula is C14H18N2O2S. The van der Waals surface area contributed by atoms with Crippen molar-refractivity contribution in [3.05, 3.63) is 42.0 Å². The maximum absolute atomic E-state index is 11.9. The van der Waals surface area contributed by atoms with Crippen LogP contribution in [0.5, 0.6) is 0 Å². The Morgan fingerprint density at radius 1 is 1.26 bits per heavy atom. The molecule has 0 fully saturated rings. The second-order valence-electron chi connectivity index (χ2n) is 4.12. The quantitative estimate of drug-likeness (QED) is 0.679. The molecule has 0 atom stereocenters. The van der Waals surface area contributed by atoms with Crippen LogP contribution in [-0.2, 0) is 4.79 Å². The number of amides is 3. The summed E-state index contributed by atoms with van der Waals surface area (Å²) in [5, 5.41) is 2.33. The van der Waals surface area contributed by atoms with Crippen LogP contribution in [0.1, 0.15) is 20.8 Å². The first-order chi connectivity index (χ1) is 9.02. The molecule has 4 nitrogen and oxygen atoms in total. The van der Waals surface area contributed by atoms with E-state index in [9.17, 15) is 9.59 Å². The lowest BCUT2D eigenvalue weighted by Gasteiger charge is -2.18. The predicted octanol–water partition coefficient (Wildman–Crippen LogP) is 3.22. The molecule has 1 rings (SSSR count). The number of hydrogen-bond acceptors (Lipinski definition) is 3. The molecule has 0 spiro atoms. The summed E-state index contributed by atoms with van der Waals surface area (Å²) in [6.07, 6.45) is 1.40. The Labute approximate surface area is 118 Å². The highest BCUT2D eigenvalue weighted by Crippen LogP contribution is 2.21. The lowest BCUT2D eigenvalue weighted by molar-refractivity contribution is -0.115. The zero-order valence-electron chi connectivity index (χ0n) is 11.3. The van der Waals surface area contributed by atoms with Crippen molar-refractivity contribution in [1.82, 2.24) is 9.62 Å². The minimum Gasteiger partial charge on any atom is -0.274 e. The molecular weight excluding hydrogens is 260 g/mol. The predicted molar refractivity (Wildman–Crippen MR) is 77.6 cm³/mol. The zero-order valence-corrected chi connectivity index (χ0v) is 12.2. The van der Waals surface area contributed by atoms with Gasteiger partial charge in [-0.25, -0.2) is 4.79 Å². The highest BCUT2D eigenvalue weighted by atomic mass is 32.2. The summed E-state index contributed by atoms with van der Waals surface area (Å²) in [6, 6.07) is 9.15. The fraction of sp³-hybridized carbons (Fsp3) is 0.286. The van der Waals surface area contributed by atoms with Gasteiger partial charge in [-0.2, -0.15) is 0 Å². The average Bonchev–Trinajstić information content (AvgIpc) is 2.35. The van der Waals surface area contributed by atoms with Gasteiger partial charge in [0.1, 0.15) is 0 Å². The molecule has 0 unspecified atom stereocenters. The van der Waals surface area contributed by atoms with Gasteiger partial charge in [0, 0.05) is 17.5 Å². The number of carbonyl (C=O) groups excluding carboxylic acids is 2. The van der Waals surface area contributed by atoms with E-state index in [0.717, 1.165) is 10.5 Å². The number of nitrogens with zero attached hydrogens (tertiary/aromatic N) is 1. The van der Waals surface area contributed by atoms with Crippen LogP contribution in [-0.4, -0.2) is 22.8 Å². The molecule has 5 heteroatoms. The Kier molecular flexibility index (Phi) is 6.15. The highest BCUT2D eigenvalue weighted by Gasteiger charge is 2.14. The van der Waals surface area contributed by atoms with Crippen molar-refractivity contribution >= 4 is 23.9 Å². The van der Waals surface area contributed by atoms with Crippen molar-refractivity contribution in [2.24, 2.45) is 0 Å². The van der Waals surface area contributed by atoms with Crippen LogP contribution in [0.2, 0.25) is 0 Å². The molecule has 1 N–H and O–H groups in total. The lowest BCUT2D eigenvalue weighted by Crippen LogP contribution is -2.38. The fourth-order valence-corrected chi connectivity index (χ4v) is 2.12. The van der Waals surface area contributed by atoms with Gasteiger partial charge in [-0.15, -0.1) is 0 Å². The van der Waals surface area contributed by atoms with E-state index in [1.165, 1.54) is 22.3 Å². The second kappa shape index (κ2) is 7.63. The smallest absolute Gasteiger partial charge is 0.274 e. The Bertz CT molecular complexity index is 468. The van der Waals surface area contributed by atoms with E-state index in [1.54, 1.807) is 13.8 Å². The van der Waals surface area contributed by atoms with Crippen molar-refractivity contribution in [3.8, 4) is 0 Å². The average molecular weight is 278 g/mol. The number of allylic oxidation sites excluding steroid dienone is 1. The minimum atomic E-state index is -0.404. The van der Waals surface area contributed by atoms with Gasteiger partial charge >= 0.3 is 6.03 Å². The number of benzene rings is 1. The highest BCUT2D eigenvalue weighted by molar-refractivity contribution is 7.97. The van der Waals surface area contributed by atoms with Gasteiger partial charge in [-0.3, -0.25) is 14.4 Å². The van der Waals surface area contributed by atoms with Gasteiger partial charge in [-0.1, -0.05) is 23.8 Å². The van der Waals surface area contributed by atoms with Crippen LogP contribution in [0.15, 0.2) is 46.9 Å². The Morgan fingerprint density at radius 3 is 2.42 bits per heavy atom. The molecule has 0 radical (unpaired) electrons. The van der Waals surface area contributed by atoms with Crippen molar-refractivity contribution in [2.75, 3.05) is 6.54 Å². The summed E-state index contributed by atoms with van der Waals surface area (Å²) >= 11 is 1.31. The lowest BCUT2D eigenvalue weighted by atomic mass is 10.3. The van der Waals surface area contributed by atoms with E-state index >= 15 is 0 Å². The first-order valence-corrected chi connectivity index (χ1v) is 6.80. The second-order valence-corrected chi connectivity index (χ2v) is 5.21. The summed E-state index contributed by atoms with van der Waals surface area (Å²) in [6.45, 7) is 5.98. The van der Waals surface area contributed by atoms with Crippen LogP contribution in [0.4, 0.5) is 4.79 Å². The molecule has 1 aromatic rings. The van der Waals surface area contributed by atoms with Crippen molar-refractivity contribution in [1.29, 1.82) is 0 Å². The van der Waals surface area contributed by atoms with Gasteiger partial charge < -0.3 is 0 Å². The molecule has 0 bridgehead atoms. The van der Waals surface area contributed by atoms with Gasteiger partial charge in [0.25, 0.3) is 5.91 Å². The molecule has 0 aliphatic rings. The van der Waals surface area contributed by atoms with Crippen molar-refractivity contribution < 1.29 is 9.59 Å². The van der Waals surface area contributed by atoms with E-state index in [4.69, 9.17) is 0 Å². The molecule has 0 aromatic heterocycles.